The number of methoxy groups -OCH3 is 1. The molecule has 1 aromatic rings. The number of aliphatic hydroxyl groups is 1. The Balaban J connectivity index is 2.88. The van der Waals surface area contributed by atoms with Gasteiger partial charge in [0.1, 0.15) is 5.82 Å². The number of benzene rings is 1. The van der Waals surface area contributed by atoms with Crippen molar-refractivity contribution in [1.82, 2.24) is 0 Å². The Bertz CT molecular complexity index is 378. The molecule has 0 aliphatic heterocycles. The molecule has 0 aliphatic carbocycles. The van der Waals surface area contributed by atoms with E-state index >= 15 is 0 Å². The fourth-order valence-corrected chi connectivity index (χ4v) is 1.85. The van der Waals surface area contributed by atoms with Crippen molar-refractivity contribution in [2.24, 2.45) is 0 Å². The second-order valence-electron chi connectivity index (χ2n) is 4.30. The lowest BCUT2D eigenvalue weighted by molar-refractivity contribution is -0.0914. The zero-order valence-electron chi connectivity index (χ0n) is 10.3. The highest BCUT2D eigenvalue weighted by Crippen LogP contribution is 2.26. The third-order valence-corrected chi connectivity index (χ3v) is 3.74. The molecule has 0 radical (unpaired) electrons. The second kappa shape index (κ2) is 5.80. The van der Waals surface area contributed by atoms with E-state index in [0.717, 1.165) is 0 Å². The number of hydrogen-bond donors (Lipinski definition) is 1. The zero-order valence-corrected chi connectivity index (χ0v) is 11.1. The number of aliphatic hydroxyl groups excluding tert-OH is 1. The first-order valence-electron chi connectivity index (χ1n) is 5.60. The van der Waals surface area contributed by atoms with Crippen LogP contribution in [0.2, 0.25) is 5.02 Å². The summed E-state index contributed by atoms with van der Waals surface area (Å²) in [5.74, 6) is -0.466. The van der Waals surface area contributed by atoms with Gasteiger partial charge in [0.25, 0.3) is 0 Å². The Morgan fingerprint density at radius 2 is 2.18 bits per heavy atom. The molecule has 0 aromatic heterocycles. The normalized spacial score (nSPS) is 16.6. The summed E-state index contributed by atoms with van der Waals surface area (Å²) in [4.78, 5) is 0. The van der Waals surface area contributed by atoms with Crippen LogP contribution >= 0.6 is 11.6 Å². The van der Waals surface area contributed by atoms with Crippen molar-refractivity contribution < 1.29 is 14.2 Å². The third kappa shape index (κ3) is 3.18. The van der Waals surface area contributed by atoms with Gasteiger partial charge in [-0.3, -0.25) is 0 Å². The van der Waals surface area contributed by atoms with E-state index < -0.39 is 17.5 Å². The summed E-state index contributed by atoms with van der Waals surface area (Å²) in [5, 5.41) is 10.2. The van der Waals surface area contributed by atoms with Crippen LogP contribution in [0.1, 0.15) is 25.8 Å². The molecule has 0 spiro atoms. The summed E-state index contributed by atoms with van der Waals surface area (Å²) in [6.45, 7) is 3.75. The molecular weight excluding hydrogens is 243 g/mol. The largest absolute Gasteiger partial charge is 0.390 e. The van der Waals surface area contributed by atoms with Crippen molar-refractivity contribution in [1.29, 1.82) is 0 Å². The zero-order chi connectivity index (χ0) is 13.1. The smallest absolute Gasteiger partial charge is 0.142 e. The molecule has 2 atom stereocenters. The molecule has 1 rings (SSSR count). The van der Waals surface area contributed by atoms with Gasteiger partial charge >= 0.3 is 0 Å². The summed E-state index contributed by atoms with van der Waals surface area (Å²) in [5.41, 5.74) is -0.0498. The molecule has 96 valence electrons. The van der Waals surface area contributed by atoms with Gasteiger partial charge in [-0.2, -0.15) is 0 Å². The summed E-state index contributed by atoms with van der Waals surface area (Å²) in [6.07, 6.45) is 0.212. The van der Waals surface area contributed by atoms with Crippen molar-refractivity contribution >= 4 is 11.6 Å². The first-order chi connectivity index (χ1) is 7.94. The molecule has 0 aliphatic rings. The lowest BCUT2D eigenvalue weighted by Gasteiger charge is -2.32. The Kier molecular flexibility index (Phi) is 4.92. The maximum atomic E-state index is 13.2. The minimum Gasteiger partial charge on any atom is -0.390 e. The van der Waals surface area contributed by atoms with Crippen LogP contribution in [0.5, 0.6) is 0 Å². The van der Waals surface area contributed by atoms with E-state index in [0.29, 0.717) is 12.0 Å². The monoisotopic (exact) mass is 260 g/mol. The van der Waals surface area contributed by atoms with Gasteiger partial charge in [0.05, 0.1) is 16.7 Å². The molecule has 0 saturated carbocycles. The molecule has 2 unspecified atom stereocenters. The Morgan fingerprint density at radius 1 is 1.53 bits per heavy atom. The van der Waals surface area contributed by atoms with Crippen LogP contribution < -0.4 is 0 Å². The molecule has 0 heterocycles. The van der Waals surface area contributed by atoms with Gasteiger partial charge in [0.15, 0.2) is 0 Å². The predicted octanol–water partition coefficient (Wildman–Crippen LogP) is 3.20. The maximum Gasteiger partial charge on any atom is 0.142 e. The van der Waals surface area contributed by atoms with Crippen molar-refractivity contribution in [3.05, 3.63) is 34.6 Å². The number of ether oxygens (including phenoxy) is 1. The fourth-order valence-electron chi connectivity index (χ4n) is 1.65. The van der Waals surface area contributed by atoms with Gasteiger partial charge < -0.3 is 9.84 Å². The number of rotatable bonds is 5. The van der Waals surface area contributed by atoms with E-state index in [1.165, 1.54) is 6.07 Å². The van der Waals surface area contributed by atoms with Crippen LogP contribution in [0.25, 0.3) is 0 Å². The summed E-state index contributed by atoms with van der Waals surface area (Å²) in [7, 11) is 1.56. The van der Waals surface area contributed by atoms with Crippen LogP contribution in [0.15, 0.2) is 18.2 Å². The van der Waals surface area contributed by atoms with E-state index in [-0.39, 0.29) is 11.4 Å². The van der Waals surface area contributed by atoms with Crippen LogP contribution in [-0.4, -0.2) is 23.9 Å². The van der Waals surface area contributed by atoms with E-state index in [1.54, 1.807) is 19.2 Å². The first kappa shape index (κ1) is 14.4. The highest BCUT2D eigenvalue weighted by Gasteiger charge is 2.31. The quantitative estimate of drug-likeness (QED) is 0.881. The molecule has 0 fully saturated rings. The average Bonchev–Trinajstić information content (AvgIpc) is 2.33. The molecule has 1 aromatic carbocycles. The Morgan fingerprint density at radius 3 is 2.71 bits per heavy atom. The van der Waals surface area contributed by atoms with Gasteiger partial charge in [-0.15, -0.1) is 0 Å². The van der Waals surface area contributed by atoms with Gasteiger partial charge in [0, 0.05) is 13.5 Å². The number of hydrogen-bond acceptors (Lipinski definition) is 2. The minimum atomic E-state index is -0.725. The highest BCUT2D eigenvalue weighted by molar-refractivity contribution is 6.31. The van der Waals surface area contributed by atoms with Crippen molar-refractivity contribution in [3.63, 3.8) is 0 Å². The van der Waals surface area contributed by atoms with Gasteiger partial charge in [-0.1, -0.05) is 30.7 Å². The van der Waals surface area contributed by atoms with Crippen LogP contribution in [0.3, 0.4) is 0 Å². The molecular formula is C13H18ClFO2. The van der Waals surface area contributed by atoms with E-state index in [9.17, 15) is 9.50 Å². The standard InChI is InChI=1S/C13H18ClFO2/c1-4-13(2,17-3)11(16)8-9-6-5-7-10(15)12(9)14/h5-7,11,16H,4,8H2,1-3H3. The van der Waals surface area contributed by atoms with Crippen LogP contribution in [0, 0.1) is 5.82 Å². The predicted molar refractivity (Wildman–Crippen MR) is 66.8 cm³/mol. The van der Waals surface area contributed by atoms with Gasteiger partial charge in [-0.25, -0.2) is 4.39 Å². The molecule has 0 saturated heterocycles. The summed E-state index contributed by atoms with van der Waals surface area (Å²) in [6, 6.07) is 4.59. The SMILES string of the molecule is CCC(C)(OC)C(O)Cc1cccc(F)c1Cl. The minimum absolute atomic E-state index is 0.0705. The summed E-state index contributed by atoms with van der Waals surface area (Å²) < 4.78 is 18.5. The molecule has 1 N–H and O–H groups in total. The first-order valence-corrected chi connectivity index (χ1v) is 5.98. The summed E-state index contributed by atoms with van der Waals surface area (Å²) >= 11 is 5.85. The second-order valence-corrected chi connectivity index (χ2v) is 4.68. The third-order valence-electron chi connectivity index (χ3n) is 3.32. The van der Waals surface area contributed by atoms with E-state index in [2.05, 4.69) is 0 Å². The fraction of sp³-hybridized carbons (Fsp3) is 0.538. The molecule has 4 heteroatoms. The van der Waals surface area contributed by atoms with Gasteiger partial charge in [-0.05, 0) is 25.0 Å². The lowest BCUT2D eigenvalue weighted by Crippen LogP contribution is -2.42. The topological polar surface area (TPSA) is 29.5 Å². The number of halogens is 2. The van der Waals surface area contributed by atoms with E-state index in [4.69, 9.17) is 16.3 Å². The molecule has 2 nitrogen and oxygen atoms in total. The average molecular weight is 261 g/mol. The van der Waals surface area contributed by atoms with Crippen molar-refractivity contribution in [2.45, 2.75) is 38.4 Å². The van der Waals surface area contributed by atoms with Crippen molar-refractivity contribution in [2.75, 3.05) is 7.11 Å². The molecule has 0 bridgehead atoms. The van der Waals surface area contributed by atoms with E-state index in [1.807, 2.05) is 13.8 Å². The van der Waals surface area contributed by atoms with Crippen LogP contribution in [0.4, 0.5) is 4.39 Å². The Hall–Kier alpha value is -0.640. The van der Waals surface area contributed by atoms with Crippen LogP contribution in [-0.2, 0) is 11.2 Å². The lowest BCUT2D eigenvalue weighted by atomic mass is 9.91. The molecule has 17 heavy (non-hydrogen) atoms. The molecule has 0 amide bonds. The van der Waals surface area contributed by atoms with Gasteiger partial charge in [0.2, 0.25) is 0 Å². The van der Waals surface area contributed by atoms with Crippen molar-refractivity contribution in [3.8, 4) is 0 Å². The highest BCUT2D eigenvalue weighted by atomic mass is 35.5. The maximum absolute atomic E-state index is 13.2. The Labute approximate surface area is 106 Å².